The van der Waals surface area contributed by atoms with Crippen molar-refractivity contribution in [3.05, 3.63) is 42.6 Å². The van der Waals surface area contributed by atoms with Crippen molar-refractivity contribution in [2.75, 3.05) is 23.8 Å². The van der Waals surface area contributed by atoms with E-state index in [9.17, 15) is 0 Å². The fourth-order valence-electron chi connectivity index (χ4n) is 2.65. The number of hydrogen-bond donors (Lipinski definition) is 3. The van der Waals surface area contributed by atoms with Crippen LogP contribution in [0, 0.1) is 0 Å². The summed E-state index contributed by atoms with van der Waals surface area (Å²) in [6.45, 7) is 6.25. The lowest BCUT2D eigenvalue weighted by Crippen LogP contribution is -2.17. The number of hydrogen-bond acceptors (Lipinski definition) is 6. The molecule has 25 heavy (non-hydrogen) atoms. The van der Waals surface area contributed by atoms with Gasteiger partial charge in [-0.05, 0) is 32.4 Å². The number of aromatic nitrogens is 4. The summed E-state index contributed by atoms with van der Waals surface area (Å²) in [5.74, 6) is 0. The Morgan fingerprint density at radius 3 is 2.92 bits per heavy atom. The van der Waals surface area contributed by atoms with Gasteiger partial charge in [0.1, 0.15) is 11.8 Å². The predicted octanol–water partition coefficient (Wildman–Crippen LogP) is 2.81. The van der Waals surface area contributed by atoms with Gasteiger partial charge in [-0.2, -0.15) is 0 Å². The number of aliphatic hydroxyl groups excluding tert-OH is 1. The summed E-state index contributed by atoms with van der Waals surface area (Å²) in [6.07, 6.45) is 5.87. The third-order valence-electron chi connectivity index (χ3n) is 4.08. The highest BCUT2D eigenvalue weighted by molar-refractivity contribution is 5.71. The number of fused-ring (bicyclic) bond motifs is 2. The molecule has 0 saturated carbocycles. The molecule has 0 unspecified atom stereocenters. The Hall–Kier alpha value is -2.67. The van der Waals surface area contributed by atoms with Gasteiger partial charge < -0.3 is 20.3 Å². The Balaban J connectivity index is 0.000000146. The minimum atomic E-state index is 0.250. The summed E-state index contributed by atoms with van der Waals surface area (Å²) >= 11 is 0. The molecule has 132 valence electrons. The fraction of sp³-hybridized carbons (Fsp3) is 0.389. The summed E-state index contributed by atoms with van der Waals surface area (Å²) in [7, 11) is 0. The molecular weight excluding hydrogens is 316 g/mol. The van der Waals surface area contributed by atoms with Crippen LogP contribution in [0.15, 0.2) is 37.1 Å². The Morgan fingerprint density at radius 1 is 1.32 bits per heavy atom. The quantitative estimate of drug-likeness (QED) is 0.619. The van der Waals surface area contributed by atoms with E-state index in [4.69, 9.17) is 5.11 Å². The Kier molecular flexibility index (Phi) is 5.45. The van der Waals surface area contributed by atoms with Crippen molar-refractivity contribution in [2.24, 2.45) is 0 Å². The third kappa shape index (κ3) is 3.88. The molecule has 3 heterocycles. The molecule has 3 N–H and O–H groups in total. The van der Waals surface area contributed by atoms with E-state index >= 15 is 0 Å². The van der Waals surface area contributed by atoms with Gasteiger partial charge in [-0.15, -0.1) is 0 Å². The summed E-state index contributed by atoms with van der Waals surface area (Å²) in [4.78, 5) is 12.2. The highest BCUT2D eigenvalue weighted by Gasteiger charge is 2.14. The van der Waals surface area contributed by atoms with Gasteiger partial charge >= 0.3 is 0 Å². The zero-order valence-corrected chi connectivity index (χ0v) is 14.6. The number of nitrogens with zero attached hydrogens (tertiary/aromatic N) is 4. The van der Waals surface area contributed by atoms with E-state index in [1.165, 1.54) is 16.9 Å². The first-order valence-electron chi connectivity index (χ1n) is 8.53. The summed E-state index contributed by atoms with van der Waals surface area (Å²) in [5, 5.41) is 15.2. The van der Waals surface area contributed by atoms with Crippen molar-refractivity contribution in [2.45, 2.75) is 32.9 Å². The molecule has 4 rings (SSSR count). The van der Waals surface area contributed by atoms with E-state index < -0.39 is 0 Å². The highest BCUT2D eigenvalue weighted by Crippen LogP contribution is 2.31. The van der Waals surface area contributed by atoms with Crippen molar-refractivity contribution in [1.29, 1.82) is 0 Å². The second kappa shape index (κ2) is 7.94. The molecule has 2 aromatic heterocycles. The smallest absolute Gasteiger partial charge is 0.163 e. The van der Waals surface area contributed by atoms with Crippen LogP contribution >= 0.6 is 0 Å². The van der Waals surface area contributed by atoms with E-state index in [-0.39, 0.29) is 6.61 Å². The topological polar surface area (TPSA) is 87.9 Å². The van der Waals surface area contributed by atoms with E-state index in [1.807, 2.05) is 10.6 Å². The van der Waals surface area contributed by atoms with Crippen LogP contribution in [0.3, 0.4) is 0 Å². The largest absolute Gasteiger partial charge is 0.396 e. The van der Waals surface area contributed by atoms with Crippen LogP contribution < -0.4 is 10.6 Å². The third-order valence-corrected chi connectivity index (χ3v) is 4.08. The molecule has 0 amide bonds. The first kappa shape index (κ1) is 17.2. The van der Waals surface area contributed by atoms with Crippen LogP contribution in [0.1, 0.15) is 31.9 Å². The summed E-state index contributed by atoms with van der Waals surface area (Å²) in [6, 6.07) is 6.59. The number of anilines is 2. The number of nitrogens with one attached hydrogen (secondary N) is 2. The Bertz CT molecular complexity index is 829. The summed E-state index contributed by atoms with van der Waals surface area (Å²) in [5.41, 5.74) is 5.55. The van der Waals surface area contributed by atoms with Gasteiger partial charge in [-0.25, -0.2) is 15.0 Å². The highest BCUT2D eigenvalue weighted by atomic mass is 16.3. The normalized spacial score (nSPS) is 12.0. The lowest BCUT2D eigenvalue weighted by Gasteiger charge is -2.24. The molecule has 1 aliphatic heterocycles. The maximum Gasteiger partial charge on any atom is 0.163 e. The van der Waals surface area contributed by atoms with Gasteiger partial charge in [0.25, 0.3) is 0 Å². The van der Waals surface area contributed by atoms with Gasteiger partial charge in [0, 0.05) is 42.7 Å². The van der Waals surface area contributed by atoms with Gasteiger partial charge in [0.15, 0.2) is 5.65 Å². The molecule has 0 radical (unpaired) electrons. The van der Waals surface area contributed by atoms with Crippen molar-refractivity contribution in [3.63, 3.8) is 0 Å². The second-order valence-electron chi connectivity index (χ2n) is 6.17. The zero-order chi connectivity index (χ0) is 17.6. The molecule has 3 aromatic rings. The maximum absolute atomic E-state index is 8.63. The van der Waals surface area contributed by atoms with Crippen LogP contribution in [-0.4, -0.2) is 37.8 Å². The van der Waals surface area contributed by atoms with Crippen LogP contribution in [0.25, 0.3) is 11.2 Å². The maximum atomic E-state index is 8.63. The Morgan fingerprint density at radius 2 is 2.20 bits per heavy atom. The van der Waals surface area contributed by atoms with Gasteiger partial charge in [0.05, 0.1) is 12.5 Å². The molecule has 7 nitrogen and oxygen atoms in total. The van der Waals surface area contributed by atoms with Crippen LogP contribution in [0.5, 0.6) is 0 Å². The Labute approximate surface area is 147 Å². The lowest BCUT2D eigenvalue weighted by molar-refractivity contribution is 0.292. The molecule has 0 spiro atoms. The number of rotatable bonds is 5. The standard InChI is InChI=1S/C10H14N2O.C8H10N4/c13-6-2-5-11-9-3-1-4-10-8(9)7-12-10;1-6(2)12-5-11-7-3-9-4-10-8(7)12/h1,3-4,11-13H,2,5-7H2;3-6H,1-2H3. The molecule has 1 aliphatic rings. The lowest BCUT2D eigenvalue weighted by atomic mass is 10.0. The molecule has 7 heteroatoms. The fourth-order valence-corrected chi connectivity index (χ4v) is 2.65. The molecule has 0 saturated heterocycles. The minimum absolute atomic E-state index is 0.250. The molecule has 0 fully saturated rings. The van der Waals surface area contributed by atoms with E-state index in [2.05, 4.69) is 51.6 Å². The molecule has 0 bridgehead atoms. The van der Waals surface area contributed by atoms with E-state index in [0.717, 1.165) is 30.7 Å². The molecule has 1 aromatic carbocycles. The first-order valence-corrected chi connectivity index (χ1v) is 8.53. The predicted molar refractivity (Wildman–Crippen MR) is 99.7 cm³/mol. The van der Waals surface area contributed by atoms with Crippen molar-refractivity contribution < 1.29 is 5.11 Å². The van der Waals surface area contributed by atoms with Gasteiger partial charge in [-0.3, -0.25) is 0 Å². The van der Waals surface area contributed by atoms with Crippen LogP contribution in [-0.2, 0) is 6.54 Å². The second-order valence-corrected chi connectivity index (χ2v) is 6.17. The SMILES string of the molecule is CC(C)n1cnc2cncnc21.OCCCNc1cccc2c1CN2. The van der Waals surface area contributed by atoms with Gasteiger partial charge in [-0.1, -0.05) is 6.07 Å². The monoisotopic (exact) mass is 340 g/mol. The zero-order valence-electron chi connectivity index (χ0n) is 14.6. The molecular formula is C18H24N6O. The van der Waals surface area contributed by atoms with Crippen molar-refractivity contribution in [3.8, 4) is 0 Å². The van der Waals surface area contributed by atoms with Crippen LogP contribution in [0.4, 0.5) is 11.4 Å². The van der Waals surface area contributed by atoms with Crippen molar-refractivity contribution >= 4 is 22.5 Å². The minimum Gasteiger partial charge on any atom is -0.396 e. The summed E-state index contributed by atoms with van der Waals surface area (Å²) < 4.78 is 2.02. The van der Waals surface area contributed by atoms with E-state index in [0.29, 0.717) is 6.04 Å². The average molecular weight is 340 g/mol. The van der Waals surface area contributed by atoms with Gasteiger partial charge in [0.2, 0.25) is 0 Å². The molecule has 0 atom stereocenters. The average Bonchev–Trinajstić information content (AvgIpc) is 3.01. The number of imidazole rings is 1. The molecule has 0 aliphatic carbocycles. The van der Waals surface area contributed by atoms with Crippen molar-refractivity contribution in [1.82, 2.24) is 19.5 Å². The first-order chi connectivity index (χ1) is 12.2. The number of benzene rings is 1. The van der Waals surface area contributed by atoms with Crippen LogP contribution in [0.2, 0.25) is 0 Å². The number of aliphatic hydroxyl groups is 1. The van der Waals surface area contributed by atoms with E-state index in [1.54, 1.807) is 18.9 Å².